The molecule has 1 unspecified atom stereocenters. The number of nitrogens with one attached hydrogen (secondary N) is 2. The maximum atomic E-state index is 12.5. The molecule has 3 rings (SSSR count). The first-order valence-electron chi connectivity index (χ1n) is 8.67. The summed E-state index contributed by atoms with van der Waals surface area (Å²) >= 11 is 0. The molecule has 2 N–H and O–H groups in total. The zero-order valence-corrected chi connectivity index (χ0v) is 13.8. The van der Waals surface area contributed by atoms with Crippen molar-refractivity contribution in [1.29, 1.82) is 0 Å². The van der Waals surface area contributed by atoms with Gasteiger partial charge in [0.2, 0.25) is 5.91 Å². The minimum absolute atomic E-state index is 0.0392. The van der Waals surface area contributed by atoms with E-state index in [1.54, 1.807) is 0 Å². The molecule has 126 valence electrons. The molecule has 2 saturated heterocycles. The lowest BCUT2D eigenvalue weighted by atomic mass is 10.0. The van der Waals surface area contributed by atoms with Crippen molar-refractivity contribution in [2.45, 2.75) is 38.0 Å². The lowest BCUT2D eigenvalue weighted by Gasteiger charge is -2.32. The molecule has 2 aliphatic heterocycles. The molecular formula is C18H27N3O2. The summed E-state index contributed by atoms with van der Waals surface area (Å²) in [6.07, 6.45) is 2.41. The van der Waals surface area contributed by atoms with E-state index >= 15 is 0 Å². The molecular weight excluding hydrogens is 290 g/mol. The van der Waals surface area contributed by atoms with E-state index in [2.05, 4.69) is 39.8 Å². The molecule has 0 radical (unpaired) electrons. The normalized spacial score (nSPS) is 26.8. The van der Waals surface area contributed by atoms with Gasteiger partial charge in [-0.05, 0) is 38.4 Å². The Morgan fingerprint density at radius 1 is 1.35 bits per heavy atom. The van der Waals surface area contributed by atoms with Gasteiger partial charge in [-0.25, -0.2) is 0 Å². The van der Waals surface area contributed by atoms with E-state index in [0.29, 0.717) is 13.2 Å². The Bertz CT molecular complexity index is 502. The summed E-state index contributed by atoms with van der Waals surface area (Å²) in [5.41, 5.74) is 1.27. The van der Waals surface area contributed by atoms with Crippen LogP contribution in [0.1, 0.15) is 31.4 Å². The number of likely N-dealkylation sites (tertiary alicyclic amines) is 1. The van der Waals surface area contributed by atoms with Crippen LogP contribution in [0.15, 0.2) is 30.3 Å². The lowest BCUT2D eigenvalue weighted by molar-refractivity contribution is -0.129. The minimum atomic E-state index is -0.251. The Kier molecular flexibility index (Phi) is 5.65. The third-order valence-corrected chi connectivity index (χ3v) is 4.83. The Hall–Kier alpha value is -1.43. The van der Waals surface area contributed by atoms with E-state index in [-0.39, 0.29) is 24.1 Å². The topological polar surface area (TPSA) is 53.6 Å². The van der Waals surface area contributed by atoms with Crippen LogP contribution in [0.4, 0.5) is 0 Å². The van der Waals surface area contributed by atoms with E-state index in [1.165, 1.54) is 18.4 Å². The molecule has 0 aromatic heterocycles. The fraction of sp³-hybridized carbons (Fsp3) is 0.611. The van der Waals surface area contributed by atoms with Crippen LogP contribution in [0, 0.1) is 0 Å². The number of ether oxygens (including phenoxy) is 1. The standard InChI is InChI=1S/C18H27N3O2/c1-14-17(19-9-12-23-14)18(22)20-13-16(21-10-5-6-11-21)15-7-3-2-4-8-15/h2-4,7-8,14,16-17,19H,5-6,9-13H2,1H3,(H,20,22)/t14-,16?,17+/m1/s1. The van der Waals surface area contributed by atoms with Crippen LogP contribution >= 0.6 is 0 Å². The van der Waals surface area contributed by atoms with Crippen LogP contribution in [0.2, 0.25) is 0 Å². The summed E-state index contributed by atoms with van der Waals surface area (Å²) in [5.74, 6) is 0.0392. The Labute approximate surface area is 138 Å². The zero-order valence-electron chi connectivity index (χ0n) is 13.8. The third kappa shape index (κ3) is 4.10. The second kappa shape index (κ2) is 7.90. The SMILES string of the molecule is C[C@H]1OCCN[C@@H]1C(=O)NCC(c1ccccc1)N1CCCC1. The molecule has 23 heavy (non-hydrogen) atoms. The number of amides is 1. The molecule has 1 aromatic rings. The Balaban J connectivity index is 1.63. The van der Waals surface area contributed by atoms with Crippen LogP contribution in [0.3, 0.4) is 0 Å². The average molecular weight is 317 g/mol. The van der Waals surface area contributed by atoms with Crippen LogP contribution in [-0.2, 0) is 9.53 Å². The molecule has 1 amide bonds. The highest BCUT2D eigenvalue weighted by molar-refractivity contribution is 5.82. The summed E-state index contributed by atoms with van der Waals surface area (Å²) in [5, 5.41) is 6.39. The number of carbonyl (C=O) groups is 1. The number of rotatable bonds is 5. The smallest absolute Gasteiger partial charge is 0.239 e. The molecule has 2 heterocycles. The van der Waals surface area contributed by atoms with E-state index in [0.717, 1.165) is 19.6 Å². The van der Waals surface area contributed by atoms with Crippen molar-refractivity contribution in [1.82, 2.24) is 15.5 Å². The Morgan fingerprint density at radius 3 is 2.78 bits per heavy atom. The second-order valence-corrected chi connectivity index (χ2v) is 6.42. The van der Waals surface area contributed by atoms with Crippen molar-refractivity contribution < 1.29 is 9.53 Å². The summed E-state index contributed by atoms with van der Waals surface area (Å²) in [6, 6.07) is 10.5. The molecule has 5 heteroatoms. The second-order valence-electron chi connectivity index (χ2n) is 6.42. The molecule has 0 bridgehead atoms. The highest BCUT2D eigenvalue weighted by Gasteiger charge is 2.30. The van der Waals surface area contributed by atoms with Gasteiger partial charge in [-0.1, -0.05) is 30.3 Å². The lowest BCUT2D eigenvalue weighted by Crippen LogP contribution is -2.56. The Morgan fingerprint density at radius 2 is 2.09 bits per heavy atom. The minimum Gasteiger partial charge on any atom is -0.375 e. The predicted molar refractivity (Wildman–Crippen MR) is 90.2 cm³/mol. The predicted octanol–water partition coefficient (Wildman–Crippen LogP) is 1.32. The number of morpholine rings is 1. The molecule has 0 aliphatic carbocycles. The van der Waals surface area contributed by atoms with Crippen molar-refractivity contribution in [3.63, 3.8) is 0 Å². The van der Waals surface area contributed by atoms with E-state index < -0.39 is 0 Å². The van der Waals surface area contributed by atoms with Gasteiger partial charge < -0.3 is 15.4 Å². The van der Waals surface area contributed by atoms with Gasteiger partial charge in [-0.2, -0.15) is 0 Å². The number of hydrogen-bond acceptors (Lipinski definition) is 4. The molecule has 0 spiro atoms. The van der Waals surface area contributed by atoms with Gasteiger partial charge >= 0.3 is 0 Å². The first-order valence-corrected chi connectivity index (χ1v) is 8.67. The van der Waals surface area contributed by atoms with Gasteiger partial charge in [0.25, 0.3) is 0 Å². The average Bonchev–Trinajstić information content (AvgIpc) is 3.10. The highest BCUT2D eigenvalue weighted by Crippen LogP contribution is 2.24. The molecule has 2 fully saturated rings. The van der Waals surface area contributed by atoms with E-state index in [1.807, 2.05) is 13.0 Å². The number of carbonyl (C=O) groups excluding carboxylic acids is 1. The summed E-state index contributed by atoms with van der Waals surface area (Å²) in [7, 11) is 0. The van der Waals surface area contributed by atoms with Gasteiger partial charge in [-0.3, -0.25) is 9.69 Å². The monoisotopic (exact) mass is 317 g/mol. The van der Waals surface area contributed by atoms with Gasteiger partial charge in [-0.15, -0.1) is 0 Å². The van der Waals surface area contributed by atoms with Gasteiger partial charge in [0.15, 0.2) is 0 Å². The summed E-state index contributed by atoms with van der Waals surface area (Å²) in [6.45, 7) is 6.22. The summed E-state index contributed by atoms with van der Waals surface area (Å²) < 4.78 is 5.57. The first kappa shape index (κ1) is 16.4. The van der Waals surface area contributed by atoms with Crippen molar-refractivity contribution in [2.24, 2.45) is 0 Å². The maximum Gasteiger partial charge on any atom is 0.239 e. The fourth-order valence-corrected chi connectivity index (χ4v) is 3.52. The molecule has 0 saturated carbocycles. The number of benzene rings is 1. The quantitative estimate of drug-likeness (QED) is 0.860. The van der Waals surface area contributed by atoms with Crippen molar-refractivity contribution in [3.05, 3.63) is 35.9 Å². The van der Waals surface area contributed by atoms with Crippen LogP contribution < -0.4 is 10.6 Å². The third-order valence-electron chi connectivity index (χ3n) is 4.83. The number of nitrogens with zero attached hydrogens (tertiary/aromatic N) is 1. The van der Waals surface area contributed by atoms with Crippen molar-refractivity contribution >= 4 is 5.91 Å². The van der Waals surface area contributed by atoms with Crippen molar-refractivity contribution in [3.8, 4) is 0 Å². The van der Waals surface area contributed by atoms with Gasteiger partial charge in [0.05, 0.1) is 18.8 Å². The molecule has 1 aromatic carbocycles. The van der Waals surface area contributed by atoms with E-state index in [9.17, 15) is 4.79 Å². The fourth-order valence-electron chi connectivity index (χ4n) is 3.52. The highest BCUT2D eigenvalue weighted by atomic mass is 16.5. The largest absolute Gasteiger partial charge is 0.375 e. The maximum absolute atomic E-state index is 12.5. The van der Waals surface area contributed by atoms with Crippen LogP contribution in [0.5, 0.6) is 0 Å². The van der Waals surface area contributed by atoms with Crippen molar-refractivity contribution in [2.75, 3.05) is 32.8 Å². The first-order chi connectivity index (χ1) is 11.3. The number of hydrogen-bond donors (Lipinski definition) is 2. The van der Waals surface area contributed by atoms with Gasteiger partial charge in [0.1, 0.15) is 6.04 Å². The van der Waals surface area contributed by atoms with Crippen LogP contribution in [0.25, 0.3) is 0 Å². The summed E-state index contributed by atoms with van der Waals surface area (Å²) in [4.78, 5) is 15.0. The molecule has 3 atom stereocenters. The zero-order chi connectivity index (χ0) is 16.1. The van der Waals surface area contributed by atoms with Crippen LogP contribution in [-0.4, -0.2) is 55.7 Å². The molecule has 5 nitrogen and oxygen atoms in total. The van der Waals surface area contributed by atoms with Gasteiger partial charge in [0, 0.05) is 13.1 Å². The van der Waals surface area contributed by atoms with E-state index in [4.69, 9.17) is 4.74 Å². The molecule has 2 aliphatic rings.